The molecule has 1 aliphatic rings. The third kappa shape index (κ3) is 3.06. The van der Waals surface area contributed by atoms with Crippen LogP contribution in [0.5, 0.6) is 0 Å². The van der Waals surface area contributed by atoms with Crippen LogP contribution >= 0.6 is 15.9 Å². The third-order valence-corrected chi connectivity index (χ3v) is 4.53. The number of hydrogen-bond acceptors (Lipinski definition) is 1. The molecule has 0 aliphatic heterocycles. The second kappa shape index (κ2) is 5.61. The lowest BCUT2D eigenvalue weighted by molar-refractivity contribution is 1.08. The molecular formula is C18H20BrN. The van der Waals surface area contributed by atoms with Crippen LogP contribution in [0.25, 0.3) is 0 Å². The first-order valence-electron chi connectivity index (χ1n) is 7.23. The molecule has 0 spiro atoms. The number of anilines is 1. The lowest BCUT2D eigenvalue weighted by Crippen LogP contribution is -2.02. The highest BCUT2D eigenvalue weighted by molar-refractivity contribution is 9.10. The SMILES string of the molecule is Cc1cc(C)c(NCc2cccc(C3CC3)c2)c(Br)c1. The minimum Gasteiger partial charge on any atom is -0.380 e. The molecule has 0 bridgehead atoms. The Morgan fingerprint density at radius 2 is 1.95 bits per heavy atom. The van der Waals surface area contributed by atoms with Gasteiger partial charge in [-0.05, 0) is 76.9 Å². The number of aryl methyl sites for hydroxylation is 2. The van der Waals surface area contributed by atoms with Crippen molar-refractivity contribution in [3.8, 4) is 0 Å². The molecule has 0 unspecified atom stereocenters. The monoisotopic (exact) mass is 329 g/mol. The average molecular weight is 330 g/mol. The Hall–Kier alpha value is -1.28. The van der Waals surface area contributed by atoms with Crippen molar-refractivity contribution >= 4 is 21.6 Å². The summed E-state index contributed by atoms with van der Waals surface area (Å²) in [5.74, 6) is 0.822. The summed E-state index contributed by atoms with van der Waals surface area (Å²) in [5, 5.41) is 3.56. The molecule has 1 N–H and O–H groups in total. The highest BCUT2D eigenvalue weighted by atomic mass is 79.9. The van der Waals surface area contributed by atoms with Gasteiger partial charge in [-0.15, -0.1) is 0 Å². The van der Waals surface area contributed by atoms with Crippen molar-refractivity contribution in [2.45, 2.75) is 39.2 Å². The van der Waals surface area contributed by atoms with Crippen LogP contribution in [-0.2, 0) is 6.54 Å². The Balaban J connectivity index is 1.74. The Labute approximate surface area is 129 Å². The lowest BCUT2D eigenvalue weighted by atomic mass is 10.1. The fourth-order valence-electron chi connectivity index (χ4n) is 2.70. The molecule has 2 aromatic rings. The van der Waals surface area contributed by atoms with Crippen LogP contribution in [0.15, 0.2) is 40.9 Å². The summed E-state index contributed by atoms with van der Waals surface area (Å²) in [6.07, 6.45) is 2.72. The summed E-state index contributed by atoms with van der Waals surface area (Å²) in [6, 6.07) is 13.4. The topological polar surface area (TPSA) is 12.0 Å². The molecule has 2 heteroatoms. The first-order chi connectivity index (χ1) is 9.63. The molecule has 20 heavy (non-hydrogen) atoms. The van der Waals surface area contributed by atoms with Crippen LogP contribution in [0, 0.1) is 13.8 Å². The number of hydrogen-bond donors (Lipinski definition) is 1. The highest BCUT2D eigenvalue weighted by Gasteiger charge is 2.23. The summed E-state index contributed by atoms with van der Waals surface area (Å²) in [5.41, 5.74) is 6.64. The van der Waals surface area contributed by atoms with Gasteiger partial charge in [-0.1, -0.05) is 30.3 Å². The van der Waals surface area contributed by atoms with Crippen LogP contribution in [0.4, 0.5) is 5.69 Å². The zero-order valence-corrected chi connectivity index (χ0v) is 13.6. The predicted molar refractivity (Wildman–Crippen MR) is 89.4 cm³/mol. The number of benzene rings is 2. The van der Waals surface area contributed by atoms with E-state index in [0.717, 1.165) is 16.9 Å². The molecule has 0 radical (unpaired) electrons. The van der Waals surface area contributed by atoms with E-state index in [4.69, 9.17) is 0 Å². The van der Waals surface area contributed by atoms with Crippen molar-refractivity contribution in [1.82, 2.24) is 0 Å². The van der Waals surface area contributed by atoms with E-state index in [2.05, 4.69) is 71.5 Å². The van der Waals surface area contributed by atoms with E-state index < -0.39 is 0 Å². The van der Waals surface area contributed by atoms with Gasteiger partial charge < -0.3 is 5.32 Å². The molecule has 0 atom stereocenters. The van der Waals surface area contributed by atoms with Crippen molar-refractivity contribution in [1.29, 1.82) is 0 Å². The van der Waals surface area contributed by atoms with Crippen LogP contribution in [0.1, 0.15) is 41.0 Å². The normalized spacial score (nSPS) is 14.3. The summed E-state index contributed by atoms with van der Waals surface area (Å²) in [6.45, 7) is 5.16. The van der Waals surface area contributed by atoms with Gasteiger partial charge >= 0.3 is 0 Å². The van der Waals surface area contributed by atoms with E-state index in [1.165, 1.54) is 40.8 Å². The van der Waals surface area contributed by atoms with Gasteiger partial charge in [0.05, 0.1) is 5.69 Å². The van der Waals surface area contributed by atoms with Gasteiger partial charge in [0.15, 0.2) is 0 Å². The highest BCUT2D eigenvalue weighted by Crippen LogP contribution is 2.40. The summed E-state index contributed by atoms with van der Waals surface area (Å²) < 4.78 is 1.15. The molecule has 104 valence electrons. The fourth-order valence-corrected chi connectivity index (χ4v) is 3.52. The zero-order valence-electron chi connectivity index (χ0n) is 12.0. The minimum atomic E-state index is 0.822. The molecule has 1 fully saturated rings. The molecule has 3 rings (SSSR count). The van der Waals surface area contributed by atoms with Crippen LogP contribution in [0.2, 0.25) is 0 Å². The molecule has 2 aromatic carbocycles. The third-order valence-electron chi connectivity index (χ3n) is 3.90. The van der Waals surface area contributed by atoms with Crippen LogP contribution < -0.4 is 5.32 Å². The Bertz CT molecular complexity index is 606. The van der Waals surface area contributed by atoms with Crippen molar-refractivity contribution in [2.24, 2.45) is 0 Å². The van der Waals surface area contributed by atoms with Crippen LogP contribution in [0.3, 0.4) is 0 Å². The molecule has 0 aromatic heterocycles. The second-order valence-electron chi connectivity index (χ2n) is 5.81. The number of nitrogens with one attached hydrogen (secondary N) is 1. The zero-order chi connectivity index (χ0) is 14.1. The van der Waals surface area contributed by atoms with Crippen molar-refractivity contribution in [3.63, 3.8) is 0 Å². The maximum absolute atomic E-state index is 3.66. The Morgan fingerprint density at radius 1 is 1.15 bits per heavy atom. The van der Waals surface area contributed by atoms with E-state index >= 15 is 0 Å². The molecular weight excluding hydrogens is 310 g/mol. The molecule has 1 nitrogen and oxygen atoms in total. The van der Waals surface area contributed by atoms with Gasteiger partial charge in [-0.3, -0.25) is 0 Å². The first kappa shape index (κ1) is 13.7. The van der Waals surface area contributed by atoms with Gasteiger partial charge in [-0.25, -0.2) is 0 Å². The van der Waals surface area contributed by atoms with Crippen molar-refractivity contribution < 1.29 is 0 Å². The second-order valence-corrected chi connectivity index (χ2v) is 6.67. The van der Waals surface area contributed by atoms with E-state index in [-0.39, 0.29) is 0 Å². The first-order valence-corrected chi connectivity index (χ1v) is 8.02. The van der Waals surface area contributed by atoms with Gasteiger partial charge in [0.2, 0.25) is 0 Å². The molecule has 0 saturated heterocycles. The van der Waals surface area contributed by atoms with E-state index in [0.29, 0.717) is 0 Å². The largest absolute Gasteiger partial charge is 0.380 e. The van der Waals surface area contributed by atoms with E-state index in [1.54, 1.807) is 0 Å². The fraction of sp³-hybridized carbons (Fsp3) is 0.333. The minimum absolute atomic E-state index is 0.822. The molecule has 0 heterocycles. The maximum Gasteiger partial charge on any atom is 0.0517 e. The Kier molecular flexibility index (Phi) is 3.84. The standard InChI is InChI=1S/C18H20BrN/c1-12-8-13(2)18(17(19)9-12)20-11-14-4-3-5-16(10-14)15-6-7-15/h3-5,8-10,15,20H,6-7,11H2,1-2H3. The van der Waals surface area contributed by atoms with Gasteiger partial charge in [0, 0.05) is 11.0 Å². The quantitative estimate of drug-likeness (QED) is 0.774. The average Bonchev–Trinajstić information content (AvgIpc) is 3.22. The smallest absolute Gasteiger partial charge is 0.0517 e. The summed E-state index contributed by atoms with van der Waals surface area (Å²) in [7, 11) is 0. The van der Waals surface area contributed by atoms with E-state index in [1.807, 2.05) is 0 Å². The van der Waals surface area contributed by atoms with Gasteiger partial charge in [0.1, 0.15) is 0 Å². The van der Waals surface area contributed by atoms with E-state index in [9.17, 15) is 0 Å². The number of rotatable bonds is 4. The van der Waals surface area contributed by atoms with Crippen LogP contribution in [-0.4, -0.2) is 0 Å². The van der Waals surface area contributed by atoms with Crippen molar-refractivity contribution in [3.05, 3.63) is 63.1 Å². The molecule has 0 amide bonds. The van der Waals surface area contributed by atoms with Gasteiger partial charge in [0.25, 0.3) is 0 Å². The lowest BCUT2D eigenvalue weighted by Gasteiger charge is -2.13. The molecule has 1 aliphatic carbocycles. The number of halogens is 1. The molecule has 1 saturated carbocycles. The maximum atomic E-state index is 3.66. The Morgan fingerprint density at radius 3 is 2.65 bits per heavy atom. The summed E-state index contributed by atoms with van der Waals surface area (Å²) >= 11 is 3.66. The van der Waals surface area contributed by atoms with Gasteiger partial charge in [-0.2, -0.15) is 0 Å². The van der Waals surface area contributed by atoms with Crippen molar-refractivity contribution in [2.75, 3.05) is 5.32 Å². The summed E-state index contributed by atoms with van der Waals surface area (Å²) in [4.78, 5) is 0. The predicted octanol–water partition coefficient (Wildman–Crippen LogP) is 5.56.